The van der Waals surface area contributed by atoms with Crippen LogP contribution in [0.3, 0.4) is 0 Å². The van der Waals surface area contributed by atoms with Gasteiger partial charge in [0.05, 0.1) is 6.10 Å². The first-order valence-electron chi connectivity index (χ1n) is 5.56. The van der Waals surface area contributed by atoms with Crippen molar-refractivity contribution in [3.05, 3.63) is 30.1 Å². The lowest BCUT2D eigenvalue weighted by molar-refractivity contribution is 0.0337. The number of nitrogens with two attached hydrogens (primary N) is 1. The summed E-state index contributed by atoms with van der Waals surface area (Å²) in [6.45, 7) is 4.91. The predicted octanol–water partition coefficient (Wildman–Crippen LogP) is 2.29. The first kappa shape index (κ1) is 12.1. The predicted molar refractivity (Wildman–Crippen MR) is 61.5 cm³/mol. The molecular formula is C12H20N2O. The van der Waals surface area contributed by atoms with Crippen molar-refractivity contribution in [2.24, 2.45) is 5.73 Å². The van der Waals surface area contributed by atoms with Gasteiger partial charge < -0.3 is 10.5 Å². The quantitative estimate of drug-likeness (QED) is 0.780. The van der Waals surface area contributed by atoms with E-state index in [1.165, 1.54) is 0 Å². The molecule has 0 saturated heterocycles. The monoisotopic (exact) mass is 208 g/mol. The molecular weight excluding hydrogens is 188 g/mol. The first-order chi connectivity index (χ1) is 7.29. The largest absolute Gasteiger partial charge is 0.372 e. The molecule has 0 aromatic carbocycles. The van der Waals surface area contributed by atoms with Crippen molar-refractivity contribution in [2.45, 2.75) is 38.8 Å². The summed E-state index contributed by atoms with van der Waals surface area (Å²) in [6, 6.07) is 3.98. The summed E-state index contributed by atoms with van der Waals surface area (Å²) in [5.74, 6) is 0. The van der Waals surface area contributed by atoms with Crippen LogP contribution >= 0.6 is 0 Å². The molecule has 0 fully saturated rings. The molecule has 0 aliphatic carbocycles. The van der Waals surface area contributed by atoms with Gasteiger partial charge in [0.1, 0.15) is 0 Å². The van der Waals surface area contributed by atoms with E-state index in [-0.39, 0.29) is 12.1 Å². The number of rotatable bonds is 6. The standard InChI is InChI=1S/C12H20N2O/c1-3-8-15-12(11(13)4-2)10-6-5-7-14-9-10/h5-7,9,11-12H,3-4,8,13H2,1-2H3. The number of hydrogen-bond donors (Lipinski definition) is 1. The third-order valence-corrected chi connectivity index (χ3v) is 2.37. The molecule has 0 saturated carbocycles. The molecule has 0 aliphatic rings. The van der Waals surface area contributed by atoms with Crippen LogP contribution in [-0.2, 0) is 4.74 Å². The highest BCUT2D eigenvalue weighted by atomic mass is 16.5. The lowest BCUT2D eigenvalue weighted by Crippen LogP contribution is -2.29. The maximum Gasteiger partial charge on any atom is 0.0990 e. The van der Waals surface area contributed by atoms with E-state index in [1.807, 2.05) is 18.3 Å². The van der Waals surface area contributed by atoms with Gasteiger partial charge in [0.25, 0.3) is 0 Å². The van der Waals surface area contributed by atoms with Crippen LogP contribution in [0.15, 0.2) is 24.5 Å². The SMILES string of the molecule is CCCOC(c1cccnc1)C(N)CC. The van der Waals surface area contributed by atoms with Crippen molar-refractivity contribution in [1.82, 2.24) is 4.98 Å². The van der Waals surface area contributed by atoms with E-state index in [4.69, 9.17) is 10.5 Å². The Morgan fingerprint density at radius 3 is 2.80 bits per heavy atom. The van der Waals surface area contributed by atoms with Crippen LogP contribution in [0.1, 0.15) is 38.4 Å². The molecule has 1 aromatic heterocycles. The molecule has 1 aromatic rings. The van der Waals surface area contributed by atoms with Gasteiger partial charge in [-0.15, -0.1) is 0 Å². The average Bonchev–Trinajstić information content (AvgIpc) is 2.30. The van der Waals surface area contributed by atoms with E-state index in [0.29, 0.717) is 0 Å². The van der Waals surface area contributed by atoms with Crippen LogP contribution in [-0.4, -0.2) is 17.6 Å². The number of ether oxygens (including phenoxy) is 1. The van der Waals surface area contributed by atoms with Crippen molar-refractivity contribution < 1.29 is 4.74 Å². The first-order valence-corrected chi connectivity index (χ1v) is 5.56. The average molecular weight is 208 g/mol. The third-order valence-electron chi connectivity index (χ3n) is 2.37. The molecule has 0 amide bonds. The minimum atomic E-state index is -0.0244. The molecule has 3 heteroatoms. The number of hydrogen-bond acceptors (Lipinski definition) is 3. The van der Waals surface area contributed by atoms with Crippen molar-refractivity contribution in [2.75, 3.05) is 6.61 Å². The number of pyridine rings is 1. The van der Waals surface area contributed by atoms with Gasteiger partial charge >= 0.3 is 0 Å². The summed E-state index contributed by atoms with van der Waals surface area (Å²) < 4.78 is 5.76. The van der Waals surface area contributed by atoms with Crippen LogP contribution < -0.4 is 5.73 Å². The molecule has 2 N–H and O–H groups in total. The summed E-state index contributed by atoms with van der Waals surface area (Å²) in [4.78, 5) is 4.09. The summed E-state index contributed by atoms with van der Waals surface area (Å²) in [5.41, 5.74) is 7.11. The normalized spacial score (nSPS) is 14.9. The molecule has 0 aliphatic heterocycles. The number of aromatic nitrogens is 1. The van der Waals surface area contributed by atoms with Gasteiger partial charge in [-0.2, -0.15) is 0 Å². The Balaban J connectivity index is 2.72. The summed E-state index contributed by atoms with van der Waals surface area (Å²) in [7, 11) is 0. The van der Waals surface area contributed by atoms with Gasteiger partial charge in [-0.05, 0) is 18.9 Å². The van der Waals surface area contributed by atoms with Gasteiger partial charge in [0.15, 0.2) is 0 Å². The Labute approximate surface area is 91.7 Å². The van der Waals surface area contributed by atoms with E-state index in [2.05, 4.69) is 18.8 Å². The fourth-order valence-electron chi connectivity index (χ4n) is 1.47. The zero-order valence-corrected chi connectivity index (χ0v) is 9.52. The Morgan fingerprint density at radius 1 is 1.47 bits per heavy atom. The van der Waals surface area contributed by atoms with Gasteiger partial charge in [-0.3, -0.25) is 4.98 Å². The van der Waals surface area contributed by atoms with E-state index in [9.17, 15) is 0 Å². The van der Waals surface area contributed by atoms with E-state index in [1.54, 1.807) is 6.20 Å². The van der Waals surface area contributed by atoms with E-state index >= 15 is 0 Å². The second kappa shape index (κ2) is 6.53. The maximum atomic E-state index is 6.04. The van der Waals surface area contributed by atoms with Crippen LogP contribution in [0.2, 0.25) is 0 Å². The molecule has 0 radical (unpaired) electrons. The Hall–Kier alpha value is -0.930. The highest BCUT2D eigenvalue weighted by Gasteiger charge is 2.18. The third kappa shape index (κ3) is 3.61. The van der Waals surface area contributed by atoms with Crippen LogP contribution in [0.5, 0.6) is 0 Å². The van der Waals surface area contributed by atoms with Gasteiger partial charge in [0.2, 0.25) is 0 Å². The minimum Gasteiger partial charge on any atom is -0.372 e. The van der Waals surface area contributed by atoms with Crippen molar-refractivity contribution in [1.29, 1.82) is 0 Å². The summed E-state index contributed by atoms with van der Waals surface area (Å²) >= 11 is 0. The molecule has 0 spiro atoms. The Kier molecular flexibility index (Phi) is 5.29. The lowest BCUT2D eigenvalue weighted by Gasteiger charge is -2.23. The zero-order chi connectivity index (χ0) is 11.1. The second-order valence-corrected chi connectivity index (χ2v) is 3.65. The molecule has 2 atom stereocenters. The fraction of sp³-hybridized carbons (Fsp3) is 0.583. The molecule has 84 valence electrons. The number of nitrogens with zero attached hydrogens (tertiary/aromatic N) is 1. The molecule has 2 unspecified atom stereocenters. The van der Waals surface area contributed by atoms with Crippen LogP contribution in [0.25, 0.3) is 0 Å². The van der Waals surface area contributed by atoms with Crippen LogP contribution in [0.4, 0.5) is 0 Å². The minimum absolute atomic E-state index is 0.0244. The second-order valence-electron chi connectivity index (χ2n) is 3.65. The van der Waals surface area contributed by atoms with E-state index < -0.39 is 0 Å². The molecule has 1 heterocycles. The van der Waals surface area contributed by atoms with Crippen molar-refractivity contribution in [3.8, 4) is 0 Å². The maximum absolute atomic E-state index is 6.04. The highest BCUT2D eigenvalue weighted by Crippen LogP contribution is 2.21. The molecule has 1 rings (SSSR count). The zero-order valence-electron chi connectivity index (χ0n) is 9.52. The van der Waals surface area contributed by atoms with Gasteiger partial charge in [-0.1, -0.05) is 19.9 Å². The molecule has 0 bridgehead atoms. The highest BCUT2D eigenvalue weighted by molar-refractivity contribution is 5.14. The fourth-order valence-corrected chi connectivity index (χ4v) is 1.47. The Morgan fingerprint density at radius 2 is 2.27 bits per heavy atom. The summed E-state index contributed by atoms with van der Waals surface area (Å²) in [6.07, 6.45) is 5.48. The molecule has 3 nitrogen and oxygen atoms in total. The van der Waals surface area contributed by atoms with Gasteiger partial charge in [-0.25, -0.2) is 0 Å². The van der Waals surface area contributed by atoms with Crippen molar-refractivity contribution >= 4 is 0 Å². The van der Waals surface area contributed by atoms with E-state index in [0.717, 1.165) is 25.0 Å². The van der Waals surface area contributed by atoms with Gasteiger partial charge in [0, 0.05) is 30.6 Å². The van der Waals surface area contributed by atoms with Crippen LogP contribution in [0, 0.1) is 0 Å². The smallest absolute Gasteiger partial charge is 0.0990 e. The summed E-state index contributed by atoms with van der Waals surface area (Å²) in [5, 5.41) is 0. The molecule has 15 heavy (non-hydrogen) atoms. The van der Waals surface area contributed by atoms with Crippen molar-refractivity contribution in [3.63, 3.8) is 0 Å². The Bertz CT molecular complexity index is 264. The lowest BCUT2D eigenvalue weighted by atomic mass is 10.0. The topological polar surface area (TPSA) is 48.1 Å².